The van der Waals surface area contributed by atoms with Crippen molar-refractivity contribution in [2.24, 2.45) is 5.84 Å². The van der Waals surface area contributed by atoms with E-state index >= 15 is 0 Å². The topological polar surface area (TPSA) is 50.9 Å². The number of para-hydroxylation sites is 1. The lowest BCUT2D eigenvalue weighted by Gasteiger charge is -2.14. The Bertz CT molecular complexity index is 764. The Morgan fingerprint density at radius 3 is 2.43 bits per heavy atom. The number of rotatable bonds is 3. The summed E-state index contributed by atoms with van der Waals surface area (Å²) in [6, 6.07) is 18.4. The number of nitrogens with zero attached hydrogens (tertiary/aromatic N) is 1. The van der Waals surface area contributed by atoms with Gasteiger partial charge in [-0.05, 0) is 17.5 Å². The smallest absolute Gasteiger partial charge is 0.0765 e. The molecule has 3 rings (SSSR count). The summed E-state index contributed by atoms with van der Waals surface area (Å²) in [4.78, 5) is 4.88. The molecule has 0 aliphatic heterocycles. The number of aromatic nitrogens is 1. The van der Waals surface area contributed by atoms with Crippen molar-refractivity contribution in [1.82, 2.24) is 4.98 Å². The van der Waals surface area contributed by atoms with Gasteiger partial charge in [-0.1, -0.05) is 62.4 Å². The molecule has 0 amide bonds. The lowest BCUT2D eigenvalue weighted by Crippen LogP contribution is -2.08. The quantitative estimate of drug-likeness (QED) is 0.554. The molecule has 0 spiro atoms. The van der Waals surface area contributed by atoms with Crippen molar-refractivity contribution in [3.8, 4) is 11.3 Å². The average Bonchev–Trinajstić information content (AvgIpc) is 2.53. The van der Waals surface area contributed by atoms with Crippen molar-refractivity contribution >= 4 is 16.6 Å². The lowest BCUT2D eigenvalue weighted by atomic mass is 9.98. The van der Waals surface area contributed by atoms with Gasteiger partial charge >= 0.3 is 0 Å². The predicted molar refractivity (Wildman–Crippen MR) is 89.1 cm³/mol. The Balaban J connectivity index is 2.32. The summed E-state index contributed by atoms with van der Waals surface area (Å²) in [5.41, 5.74) is 7.99. The van der Waals surface area contributed by atoms with Crippen LogP contribution in [0.5, 0.6) is 0 Å². The molecule has 3 nitrogen and oxygen atoms in total. The minimum atomic E-state index is 0.415. The van der Waals surface area contributed by atoms with Gasteiger partial charge in [-0.3, -0.25) is 5.84 Å². The molecule has 2 aromatic carbocycles. The van der Waals surface area contributed by atoms with E-state index in [1.807, 2.05) is 24.3 Å². The third-order valence-electron chi connectivity index (χ3n) is 3.72. The Kier molecular flexibility index (Phi) is 3.59. The largest absolute Gasteiger partial charge is 0.323 e. The fourth-order valence-electron chi connectivity index (χ4n) is 2.61. The number of pyridine rings is 1. The van der Waals surface area contributed by atoms with Crippen LogP contribution in [0.3, 0.4) is 0 Å². The van der Waals surface area contributed by atoms with Crippen LogP contribution in [-0.4, -0.2) is 4.98 Å². The summed E-state index contributed by atoms with van der Waals surface area (Å²) in [7, 11) is 0. The molecule has 0 unspecified atom stereocenters. The Labute approximate surface area is 124 Å². The third-order valence-corrected chi connectivity index (χ3v) is 3.72. The van der Waals surface area contributed by atoms with E-state index in [1.54, 1.807) is 0 Å². The fraction of sp³-hybridized carbons (Fsp3) is 0.167. The maximum atomic E-state index is 5.71. The highest BCUT2D eigenvalue weighted by atomic mass is 15.2. The van der Waals surface area contributed by atoms with Gasteiger partial charge in [0.1, 0.15) is 0 Å². The molecule has 3 aromatic rings. The van der Waals surface area contributed by atoms with Crippen molar-refractivity contribution < 1.29 is 0 Å². The van der Waals surface area contributed by atoms with Gasteiger partial charge in [-0.15, -0.1) is 0 Å². The van der Waals surface area contributed by atoms with Gasteiger partial charge in [0.2, 0.25) is 0 Å². The number of nitrogens with one attached hydrogen (secondary N) is 1. The SMILES string of the molecule is CC(C)c1cccc2c(NN)cc(-c3ccccc3)nc12. The van der Waals surface area contributed by atoms with Crippen LogP contribution in [0.2, 0.25) is 0 Å². The van der Waals surface area contributed by atoms with Crippen LogP contribution in [0.4, 0.5) is 5.69 Å². The first-order chi connectivity index (χ1) is 10.2. The molecule has 1 heterocycles. The zero-order chi connectivity index (χ0) is 14.8. The van der Waals surface area contributed by atoms with Crippen LogP contribution in [0.25, 0.3) is 22.2 Å². The number of nitrogen functional groups attached to an aromatic ring is 1. The molecular weight excluding hydrogens is 258 g/mol. The Hall–Kier alpha value is -2.39. The first kappa shape index (κ1) is 13.6. The Morgan fingerprint density at radius 1 is 1.00 bits per heavy atom. The molecule has 0 aliphatic rings. The Morgan fingerprint density at radius 2 is 1.76 bits per heavy atom. The second-order valence-corrected chi connectivity index (χ2v) is 5.46. The molecule has 3 heteroatoms. The second kappa shape index (κ2) is 5.54. The molecule has 0 atom stereocenters. The van der Waals surface area contributed by atoms with E-state index in [4.69, 9.17) is 10.8 Å². The number of hydrogen-bond acceptors (Lipinski definition) is 3. The van der Waals surface area contributed by atoms with Gasteiger partial charge in [0, 0.05) is 10.9 Å². The summed E-state index contributed by atoms with van der Waals surface area (Å²) >= 11 is 0. The van der Waals surface area contributed by atoms with Crippen molar-refractivity contribution in [1.29, 1.82) is 0 Å². The molecular formula is C18H19N3. The second-order valence-electron chi connectivity index (χ2n) is 5.46. The van der Waals surface area contributed by atoms with Gasteiger partial charge in [0.15, 0.2) is 0 Å². The summed E-state index contributed by atoms with van der Waals surface area (Å²) in [6.45, 7) is 4.36. The number of nitrogens with two attached hydrogens (primary N) is 1. The van der Waals surface area contributed by atoms with E-state index in [0.717, 1.165) is 27.8 Å². The minimum absolute atomic E-state index is 0.415. The van der Waals surface area contributed by atoms with Gasteiger partial charge in [-0.2, -0.15) is 0 Å². The predicted octanol–water partition coefficient (Wildman–Crippen LogP) is 4.31. The molecule has 1 aromatic heterocycles. The zero-order valence-electron chi connectivity index (χ0n) is 12.3. The van der Waals surface area contributed by atoms with Gasteiger partial charge in [0.25, 0.3) is 0 Å². The van der Waals surface area contributed by atoms with Crippen molar-refractivity contribution in [2.75, 3.05) is 5.43 Å². The highest BCUT2D eigenvalue weighted by Gasteiger charge is 2.11. The summed E-state index contributed by atoms with van der Waals surface area (Å²) in [5.74, 6) is 6.13. The van der Waals surface area contributed by atoms with Crippen molar-refractivity contribution in [3.63, 3.8) is 0 Å². The van der Waals surface area contributed by atoms with Crippen LogP contribution in [0, 0.1) is 0 Å². The number of hydrazine groups is 1. The summed E-state index contributed by atoms with van der Waals surface area (Å²) in [5, 5.41) is 1.06. The maximum Gasteiger partial charge on any atom is 0.0765 e. The molecule has 0 radical (unpaired) electrons. The molecule has 0 fully saturated rings. The van der Waals surface area contributed by atoms with Gasteiger partial charge < -0.3 is 5.43 Å². The van der Waals surface area contributed by atoms with Gasteiger partial charge in [-0.25, -0.2) is 4.98 Å². The number of hydrogen-bond donors (Lipinski definition) is 2. The highest BCUT2D eigenvalue weighted by Crippen LogP contribution is 2.32. The van der Waals surface area contributed by atoms with Crippen LogP contribution in [-0.2, 0) is 0 Å². The van der Waals surface area contributed by atoms with Crippen molar-refractivity contribution in [2.45, 2.75) is 19.8 Å². The van der Waals surface area contributed by atoms with Gasteiger partial charge in [0.05, 0.1) is 16.9 Å². The molecule has 0 saturated heterocycles. The minimum Gasteiger partial charge on any atom is -0.323 e. The molecule has 3 N–H and O–H groups in total. The van der Waals surface area contributed by atoms with E-state index < -0.39 is 0 Å². The average molecular weight is 277 g/mol. The normalized spacial score (nSPS) is 11.0. The van der Waals surface area contributed by atoms with E-state index in [-0.39, 0.29) is 0 Å². The lowest BCUT2D eigenvalue weighted by molar-refractivity contribution is 0.873. The van der Waals surface area contributed by atoms with Crippen LogP contribution in [0.1, 0.15) is 25.3 Å². The first-order valence-electron chi connectivity index (χ1n) is 7.16. The number of anilines is 1. The molecule has 0 bridgehead atoms. The molecule has 106 valence electrons. The summed E-state index contributed by atoms with van der Waals surface area (Å²) < 4.78 is 0. The standard InChI is InChI=1S/C18H19N3/c1-12(2)14-9-6-10-15-17(21-19)11-16(20-18(14)15)13-7-4-3-5-8-13/h3-12H,19H2,1-2H3,(H,20,21). The molecule has 0 saturated carbocycles. The van der Waals surface area contributed by atoms with E-state index in [1.165, 1.54) is 5.56 Å². The molecule has 0 aliphatic carbocycles. The van der Waals surface area contributed by atoms with Crippen LogP contribution in [0.15, 0.2) is 54.6 Å². The van der Waals surface area contributed by atoms with Crippen LogP contribution < -0.4 is 11.3 Å². The summed E-state index contributed by atoms with van der Waals surface area (Å²) in [6.07, 6.45) is 0. The number of benzene rings is 2. The van der Waals surface area contributed by atoms with E-state index in [9.17, 15) is 0 Å². The number of fused-ring (bicyclic) bond motifs is 1. The maximum absolute atomic E-state index is 5.71. The first-order valence-corrected chi connectivity index (χ1v) is 7.16. The highest BCUT2D eigenvalue weighted by molar-refractivity contribution is 5.95. The third kappa shape index (κ3) is 2.48. The van der Waals surface area contributed by atoms with E-state index in [2.05, 4.69) is 49.6 Å². The monoisotopic (exact) mass is 277 g/mol. The zero-order valence-corrected chi connectivity index (χ0v) is 12.3. The van der Waals surface area contributed by atoms with E-state index in [0.29, 0.717) is 5.92 Å². The van der Waals surface area contributed by atoms with Crippen LogP contribution >= 0.6 is 0 Å². The molecule has 21 heavy (non-hydrogen) atoms. The van der Waals surface area contributed by atoms with Crippen molar-refractivity contribution in [3.05, 3.63) is 60.2 Å². The fourth-order valence-corrected chi connectivity index (χ4v) is 2.61.